The van der Waals surface area contributed by atoms with Crippen molar-refractivity contribution in [2.75, 3.05) is 36.4 Å². The fraction of sp³-hybridized carbons (Fsp3) is 0.321. The van der Waals surface area contributed by atoms with Crippen LogP contribution in [0, 0.1) is 12.7 Å². The molecule has 0 spiro atoms. The van der Waals surface area contributed by atoms with Crippen molar-refractivity contribution in [3.8, 4) is 0 Å². The molecule has 0 saturated carbocycles. The van der Waals surface area contributed by atoms with E-state index in [-0.39, 0.29) is 5.56 Å². The highest BCUT2D eigenvalue weighted by Crippen LogP contribution is 2.36. The van der Waals surface area contributed by atoms with Crippen LogP contribution in [0.15, 0.2) is 54.6 Å². The Morgan fingerprint density at radius 2 is 1.69 bits per heavy atom. The van der Waals surface area contributed by atoms with Crippen LogP contribution in [0.4, 0.5) is 29.1 Å². The average molecular weight is 559 g/mol. The first-order valence-electron chi connectivity index (χ1n) is 12.6. The van der Waals surface area contributed by atoms with E-state index in [9.17, 15) is 17.6 Å². The standard InChI is InChI=1S/C28H27ClF4N6/c1-17(20-9-6-10-22(24(20)30)28(31,32)33)34-26-21-15-23(25(29)37-27(21)36-18(2)35-26)39-13-11-38(12-14-39)16-19-7-4-3-5-8-19/h3-10,15,17H,11-14,16H2,1-2H3,(H,34,35,36,37)/t17-/m1/s1. The highest BCUT2D eigenvalue weighted by Gasteiger charge is 2.35. The van der Waals surface area contributed by atoms with E-state index in [0.29, 0.717) is 27.8 Å². The van der Waals surface area contributed by atoms with Crippen LogP contribution >= 0.6 is 11.6 Å². The normalized spacial score (nSPS) is 15.5. The Labute approximate surface area is 228 Å². The highest BCUT2D eigenvalue weighted by molar-refractivity contribution is 6.32. The first-order chi connectivity index (χ1) is 18.6. The predicted molar refractivity (Wildman–Crippen MR) is 144 cm³/mol. The molecule has 11 heteroatoms. The molecule has 0 unspecified atom stereocenters. The van der Waals surface area contributed by atoms with Crippen LogP contribution < -0.4 is 10.2 Å². The molecule has 0 radical (unpaired) electrons. The lowest BCUT2D eigenvalue weighted by Gasteiger charge is -2.36. The molecule has 0 bridgehead atoms. The first-order valence-corrected chi connectivity index (χ1v) is 13.0. The van der Waals surface area contributed by atoms with Crippen LogP contribution in [0.25, 0.3) is 11.0 Å². The van der Waals surface area contributed by atoms with Gasteiger partial charge in [0.2, 0.25) is 0 Å². The second-order valence-corrected chi connectivity index (χ2v) is 9.97. The number of nitrogens with one attached hydrogen (secondary N) is 1. The molecule has 3 heterocycles. The summed E-state index contributed by atoms with van der Waals surface area (Å²) in [5.41, 5.74) is 0.895. The van der Waals surface area contributed by atoms with Gasteiger partial charge in [-0.25, -0.2) is 19.3 Å². The van der Waals surface area contributed by atoms with E-state index < -0.39 is 23.6 Å². The molecule has 1 fully saturated rings. The van der Waals surface area contributed by atoms with Crippen molar-refractivity contribution in [1.82, 2.24) is 19.9 Å². The summed E-state index contributed by atoms with van der Waals surface area (Å²) in [5.74, 6) is -0.571. The lowest BCUT2D eigenvalue weighted by atomic mass is 10.0. The van der Waals surface area contributed by atoms with Crippen molar-refractivity contribution in [1.29, 1.82) is 0 Å². The molecule has 1 aliphatic heterocycles. The molecular formula is C28H27ClF4N6. The Hall–Kier alpha value is -3.50. The Morgan fingerprint density at radius 3 is 2.38 bits per heavy atom. The zero-order chi connectivity index (χ0) is 27.7. The summed E-state index contributed by atoms with van der Waals surface area (Å²) in [4.78, 5) is 17.9. The summed E-state index contributed by atoms with van der Waals surface area (Å²) >= 11 is 6.59. The van der Waals surface area contributed by atoms with Crippen LogP contribution in [-0.2, 0) is 12.7 Å². The van der Waals surface area contributed by atoms with Gasteiger partial charge in [0.15, 0.2) is 10.8 Å². The molecule has 2 aromatic carbocycles. The summed E-state index contributed by atoms with van der Waals surface area (Å²) in [6.07, 6.45) is -4.79. The van der Waals surface area contributed by atoms with E-state index in [1.54, 1.807) is 13.8 Å². The SMILES string of the molecule is Cc1nc(N[C@H](C)c2cccc(C(F)(F)F)c2F)c2cc(N3CCN(Cc4ccccc4)CC3)c(Cl)nc2n1. The van der Waals surface area contributed by atoms with E-state index in [1.807, 2.05) is 24.3 Å². The van der Waals surface area contributed by atoms with Crippen LogP contribution in [0.3, 0.4) is 0 Å². The van der Waals surface area contributed by atoms with Crippen molar-refractivity contribution < 1.29 is 17.6 Å². The Bertz CT molecular complexity index is 1470. The van der Waals surface area contributed by atoms with Gasteiger partial charge in [0.1, 0.15) is 17.5 Å². The molecule has 4 aromatic rings. The highest BCUT2D eigenvalue weighted by atomic mass is 35.5. The minimum Gasteiger partial charge on any atom is -0.366 e. The largest absolute Gasteiger partial charge is 0.419 e. The molecule has 0 amide bonds. The molecule has 204 valence electrons. The molecule has 1 saturated heterocycles. The number of alkyl halides is 3. The van der Waals surface area contributed by atoms with Gasteiger partial charge < -0.3 is 10.2 Å². The number of rotatable bonds is 6. The number of piperazine rings is 1. The average Bonchev–Trinajstić information content (AvgIpc) is 2.89. The van der Waals surface area contributed by atoms with Crippen LogP contribution in [-0.4, -0.2) is 46.0 Å². The van der Waals surface area contributed by atoms with E-state index in [1.165, 1.54) is 17.7 Å². The van der Waals surface area contributed by atoms with Gasteiger partial charge in [-0.05, 0) is 31.5 Å². The van der Waals surface area contributed by atoms with Crippen LogP contribution in [0.2, 0.25) is 5.15 Å². The molecule has 1 aliphatic rings. The topological polar surface area (TPSA) is 57.2 Å². The van der Waals surface area contributed by atoms with Gasteiger partial charge in [0.05, 0.1) is 22.7 Å². The third-order valence-electron chi connectivity index (χ3n) is 6.85. The van der Waals surface area contributed by atoms with Crippen LogP contribution in [0.1, 0.15) is 35.5 Å². The summed E-state index contributed by atoms with van der Waals surface area (Å²) in [7, 11) is 0. The summed E-state index contributed by atoms with van der Waals surface area (Å²) in [6, 6.07) is 14.6. The number of fused-ring (bicyclic) bond motifs is 1. The fourth-order valence-corrected chi connectivity index (χ4v) is 5.09. The number of aryl methyl sites for hydroxylation is 1. The van der Waals surface area contributed by atoms with Gasteiger partial charge in [-0.2, -0.15) is 13.2 Å². The van der Waals surface area contributed by atoms with Crippen LogP contribution in [0.5, 0.6) is 0 Å². The van der Waals surface area contributed by atoms with Gasteiger partial charge in [-0.15, -0.1) is 0 Å². The van der Waals surface area contributed by atoms with Crippen molar-refractivity contribution in [3.63, 3.8) is 0 Å². The number of nitrogens with zero attached hydrogens (tertiary/aromatic N) is 5. The van der Waals surface area contributed by atoms with E-state index in [2.05, 4.69) is 42.2 Å². The van der Waals surface area contributed by atoms with Crippen molar-refractivity contribution in [2.45, 2.75) is 32.6 Å². The number of hydrogen-bond acceptors (Lipinski definition) is 6. The molecule has 39 heavy (non-hydrogen) atoms. The quantitative estimate of drug-likeness (QED) is 0.211. The van der Waals surface area contributed by atoms with E-state index in [0.717, 1.165) is 44.5 Å². The Kier molecular flexibility index (Phi) is 7.59. The fourth-order valence-electron chi connectivity index (χ4n) is 4.84. The second-order valence-electron chi connectivity index (χ2n) is 9.61. The second kappa shape index (κ2) is 10.9. The molecule has 6 nitrogen and oxygen atoms in total. The molecular weight excluding hydrogens is 532 g/mol. The molecule has 5 rings (SSSR count). The number of anilines is 2. The third-order valence-corrected chi connectivity index (χ3v) is 7.13. The zero-order valence-corrected chi connectivity index (χ0v) is 22.2. The maximum Gasteiger partial charge on any atom is 0.419 e. The van der Waals surface area contributed by atoms with Gasteiger partial charge >= 0.3 is 6.18 Å². The lowest BCUT2D eigenvalue weighted by molar-refractivity contribution is -0.140. The number of halogens is 5. The third kappa shape index (κ3) is 5.91. The lowest BCUT2D eigenvalue weighted by Crippen LogP contribution is -2.46. The smallest absolute Gasteiger partial charge is 0.366 e. The summed E-state index contributed by atoms with van der Waals surface area (Å²) in [6.45, 7) is 7.27. The van der Waals surface area contributed by atoms with Gasteiger partial charge in [0.25, 0.3) is 0 Å². The number of pyridine rings is 1. The van der Waals surface area contributed by atoms with E-state index >= 15 is 0 Å². The minimum absolute atomic E-state index is 0.120. The molecule has 2 aromatic heterocycles. The van der Waals surface area contributed by atoms with Crippen molar-refractivity contribution in [2.24, 2.45) is 0 Å². The molecule has 1 N–H and O–H groups in total. The number of benzene rings is 2. The number of hydrogen-bond donors (Lipinski definition) is 1. The van der Waals surface area contributed by atoms with Crippen molar-refractivity contribution in [3.05, 3.63) is 88.1 Å². The summed E-state index contributed by atoms with van der Waals surface area (Å²) < 4.78 is 54.6. The van der Waals surface area contributed by atoms with Gasteiger partial charge in [-0.3, -0.25) is 4.90 Å². The molecule has 0 aliphatic carbocycles. The first kappa shape index (κ1) is 27.1. The number of aromatic nitrogens is 3. The van der Waals surface area contributed by atoms with E-state index in [4.69, 9.17) is 11.6 Å². The maximum atomic E-state index is 14.8. The summed E-state index contributed by atoms with van der Waals surface area (Å²) in [5, 5.41) is 3.93. The minimum atomic E-state index is -4.79. The Balaban J connectivity index is 1.40. The van der Waals surface area contributed by atoms with Gasteiger partial charge in [-0.1, -0.05) is 54.1 Å². The molecule has 1 atom stereocenters. The maximum absolute atomic E-state index is 14.8. The van der Waals surface area contributed by atoms with Gasteiger partial charge in [0, 0.05) is 38.3 Å². The monoisotopic (exact) mass is 558 g/mol. The van der Waals surface area contributed by atoms with Crippen molar-refractivity contribution >= 4 is 34.1 Å². The Morgan fingerprint density at radius 1 is 0.974 bits per heavy atom. The predicted octanol–water partition coefficient (Wildman–Crippen LogP) is 6.64. The zero-order valence-electron chi connectivity index (χ0n) is 21.4.